The zero-order chi connectivity index (χ0) is 17.2. The monoisotopic (exact) mass is 326 g/mol. The predicted octanol–water partition coefficient (Wildman–Crippen LogP) is 3.20. The van der Waals surface area contributed by atoms with Gasteiger partial charge in [-0.05, 0) is 38.3 Å². The summed E-state index contributed by atoms with van der Waals surface area (Å²) in [4.78, 5) is 31.7. The molecule has 0 aliphatic heterocycles. The van der Waals surface area contributed by atoms with Crippen LogP contribution in [0.15, 0.2) is 12.1 Å². The SMILES string of the molecule is CCCOCCOC(=O)OOOC(=O)c1c(C)cc(C)cc1C. The van der Waals surface area contributed by atoms with Crippen LogP contribution in [0.4, 0.5) is 4.79 Å². The fraction of sp³-hybridized carbons (Fsp3) is 0.500. The molecular formula is C16H22O7. The minimum absolute atomic E-state index is 0.0202. The Morgan fingerprint density at radius 3 is 2.22 bits per heavy atom. The predicted molar refractivity (Wildman–Crippen MR) is 80.7 cm³/mol. The summed E-state index contributed by atoms with van der Waals surface area (Å²) in [7, 11) is 0. The maximum atomic E-state index is 11.9. The van der Waals surface area contributed by atoms with E-state index in [1.165, 1.54) is 0 Å². The first-order chi connectivity index (χ1) is 11.0. The summed E-state index contributed by atoms with van der Waals surface area (Å²) in [5, 5.41) is 4.17. The van der Waals surface area contributed by atoms with Crippen molar-refractivity contribution in [3.05, 3.63) is 34.4 Å². The number of ether oxygens (including phenoxy) is 2. The molecular weight excluding hydrogens is 304 g/mol. The lowest BCUT2D eigenvalue weighted by atomic mass is 10.0. The van der Waals surface area contributed by atoms with E-state index >= 15 is 0 Å². The van der Waals surface area contributed by atoms with E-state index in [1.54, 1.807) is 13.8 Å². The van der Waals surface area contributed by atoms with Crippen molar-refractivity contribution in [3.63, 3.8) is 0 Å². The maximum absolute atomic E-state index is 11.9. The maximum Gasteiger partial charge on any atom is 0.543 e. The van der Waals surface area contributed by atoms with E-state index in [0.717, 1.165) is 23.1 Å². The highest BCUT2D eigenvalue weighted by molar-refractivity contribution is 5.92. The Hall–Kier alpha value is -2.12. The molecule has 0 aromatic heterocycles. The van der Waals surface area contributed by atoms with Crippen LogP contribution >= 0.6 is 0 Å². The van der Waals surface area contributed by atoms with Gasteiger partial charge < -0.3 is 9.47 Å². The van der Waals surface area contributed by atoms with Gasteiger partial charge in [0.25, 0.3) is 0 Å². The van der Waals surface area contributed by atoms with Crippen molar-refractivity contribution in [2.24, 2.45) is 0 Å². The number of aryl methyl sites for hydroxylation is 3. The summed E-state index contributed by atoms with van der Waals surface area (Å²) in [6, 6.07) is 3.68. The molecule has 0 amide bonds. The average molecular weight is 326 g/mol. The van der Waals surface area contributed by atoms with Crippen LogP contribution < -0.4 is 0 Å². The molecule has 0 heterocycles. The lowest BCUT2D eigenvalue weighted by molar-refractivity contribution is -0.452. The summed E-state index contributed by atoms with van der Waals surface area (Å²) >= 11 is 0. The Bertz CT molecular complexity index is 516. The van der Waals surface area contributed by atoms with Crippen LogP contribution in [0, 0.1) is 20.8 Å². The molecule has 0 aliphatic rings. The van der Waals surface area contributed by atoms with E-state index in [-0.39, 0.29) is 13.2 Å². The number of hydrogen-bond donors (Lipinski definition) is 0. The van der Waals surface area contributed by atoms with Gasteiger partial charge in [0.05, 0.1) is 17.2 Å². The van der Waals surface area contributed by atoms with Gasteiger partial charge in [0, 0.05) is 6.61 Å². The highest BCUT2D eigenvalue weighted by Crippen LogP contribution is 2.17. The zero-order valence-corrected chi connectivity index (χ0v) is 13.8. The number of benzene rings is 1. The van der Waals surface area contributed by atoms with Crippen LogP contribution in [0.2, 0.25) is 0 Å². The molecule has 1 aromatic rings. The third kappa shape index (κ3) is 6.66. The quantitative estimate of drug-likeness (QED) is 0.314. The molecule has 0 unspecified atom stereocenters. The molecule has 7 nitrogen and oxygen atoms in total. The second kappa shape index (κ2) is 9.81. The van der Waals surface area contributed by atoms with E-state index in [4.69, 9.17) is 4.74 Å². The largest absolute Gasteiger partial charge is 0.543 e. The molecule has 0 fully saturated rings. The lowest BCUT2D eigenvalue weighted by Gasteiger charge is -2.09. The molecule has 0 bridgehead atoms. The number of carbonyl (C=O) groups is 2. The molecule has 128 valence electrons. The first-order valence-corrected chi connectivity index (χ1v) is 7.33. The molecule has 0 atom stereocenters. The summed E-state index contributed by atoms with van der Waals surface area (Å²) in [6.45, 7) is 8.31. The Balaban J connectivity index is 2.33. The van der Waals surface area contributed by atoms with Crippen LogP contribution in [0.5, 0.6) is 0 Å². The van der Waals surface area contributed by atoms with E-state index < -0.39 is 12.1 Å². The van der Waals surface area contributed by atoms with Gasteiger partial charge in [-0.2, -0.15) is 0 Å². The number of carbonyl (C=O) groups excluding carboxylic acids is 2. The van der Waals surface area contributed by atoms with Gasteiger partial charge in [-0.15, -0.1) is 0 Å². The van der Waals surface area contributed by atoms with Crippen LogP contribution in [0.1, 0.15) is 40.4 Å². The second-order valence-electron chi connectivity index (χ2n) is 5.01. The van der Waals surface area contributed by atoms with Crippen LogP contribution in [0.25, 0.3) is 0 Å². The zero-order valence-electron chi connectivity index (χ0n) is 13.8. The Labute approximate surface area is 135 Å². The topological polar surface area (TPSA) is 80.3 Å². The van der Waals surface area contributed by atoms with Crippen LogP contribution in [0.3, 0.4) is 0 Å². The van der Waals surface area contributed by atoms with Gasteiger partial charge in [0.1, 0.15) is 6.61 Å². The summed E-state index contributed by atoms with van der Waals surface area (Å²) in [5.74, 6) is -0.751. The van der Waals surface area contributed by atoms with Crippen LogP contribution in [-0.4, -0.2) is 31.9 Å². The molecule has 0 radical (unpaired) electrons. The highest BCUT2D eigenvalue weighted by atomic mass is 17.5. The van der Waals surface area contributed by atoms with Crippen molar-refractivity contribution in [3.8, 4) is 0 Å². The van der Waals surface area contributed by atoms with Crippen LogP contribution in [-0.2, 0) is 24.3 Å². The fourth-order valence-electron chi connectivity index (χ4n) is 2.07. The Kier molecular flexibility index (Phi) is 8.07. The summed E-state index contributed by atoms with van der Waals surface area (Å²) in [5.41, 5.74) is 2.88. The standard InChI is InChI=1S/C16H22O7/c1-5-6-19-7-8-20-16(18)22-23-21-15(17)14-12(3)9-11(2)10-13(14)4/h9-10H,5-8H2,1-4H3. The van der Waals surface area contributed by atoms with Gasteiger partial charge in [0.15, 0.2) is 0 Å². The molecule has 1 aromatic carbocycles. The van der Waals surface area contributed by atoms with Gasteiger partial charge >= 0.3 is 12.1 Å². The van der Waals surface area contributed by atoms with Gasteiger partial charge in [0.2, 0.25) is 0 Å². The molecule has 23 heavy (non-hydrogen) atoms. The number of hydrogen-bond acceptors (Lipinski definition) is 7. The molecule has 0 saturated heterocycles. The average Bonchev–Trinajstić information content (AvgIpc) is 2.46. The van der Waals surface area contributed by atoms with E-state index in [2.05, 4.69) is 19.6 Å². The molecule has 0 spiro atoms. The van der Waals surface area contributed by atoms with Crippen molar-refractivity contribution in [2.75, 3.05) is 19.8 Å². The first-order valence-electron chi connectivity index (χ1n) is 7.33. The smallest absolute Gasteiger partial charge is 0.430 e. The highest BCUT2D eigenvalue weighted by Gasteiger charge is 2.17. The Morgan fingerprint density at radius 1 is 0.957 bits per heavy atom. The molecule has 7 heteroatoms. The van der Waals surface area contributed by atoms with Crippen molar-refractivity contribution in [1.82, 2.24) is 0 Å². The molecule has 0 N–H and O–H groups in total. The number of rotatable bonds is 8. The van der Waals surface area contributed by atoms with Crippen molar-refractivity contribution < 1.29 is 33.9 Å². The minimum atomic E-state index is -1.12. The third-order valence-electron chi connectivity index (χ3n) is 2.89. The summed E-state index contributed by atoms with van der Waals surface area (Å²) in [6.07, 6.45) is -0.239. The van der Waals surface area contributed by atoms with E-state index in [0.29, 0.717) is 12.2 Å². The van der Waals surface area contributed by atoms with Gasteiger partial charge in [-0.25, -0.2) is 14.5 Å². The normalized spacial score (nSPS) is 10.3. The third-order valence-corrected chi connectivity index (χ3v) is 2.89. The Morgan fingerprint density at radius 2 is 1.61 bits per heavy atom. The minimum Gasteiger partial charge on any atom is -0.430 e. The molecule has 0 saturated carbocycles. The van der Waals surface area contributed by atoms with E-state index in [9.17, 15) is 9.59 Å². The van der Waals surface area contributed by atoms with Gasteiger partial charge in [-0.3, -0.25) is 4.89 Å². The fourth-order valence-corrected chi connectivity index (χ4v) is 2.07. The van der Waals surface area contributed by atoms with Crippen molar-refractivity contribution in [2.45, 2.75) is 34.1 Å². The lowest BCUT2D eigenvalue weighted by Crippen LogP contribution is -2.15. The van der Waals surface area contributed by atoms with E-state index in [1.807, 2.05) is 26.0 Å². The molecule has 0 aliphatic carbocycles. The molecule has 1 rings (SSSR count). The second-order valence-corrected chi connectivity index (χ2v) is 5.01. The summed E-state index contributed by atoms with van der Waals surface area (Å²) < 4.78 is 9.75. The van der Waals surface area contributed by atoms with Crippen molar-refractivity contribution >= 4 is 12.1 Å². The van der Waals surface area contributed by atoms with Crippen molar-refractivity contribution in [1.29, 1.82) is 0 Å². The van der Waals surface area contributed by atoms with Gasteiger partial charge in [-0.1, -0.05) is 24.6 Å². The first kappa shape index (κ1) is 18.9.